The molecule has 0 N–H and O–H groups in total. The summed E-state index contributed by atoms with van der Waals surface area (Å²) in [5, 5.41) is 12.7. The van der Waals surface area contributed by atoms with E-state index in [4.69, 9.17) is 0 Å². The van der Waals surface area contributed by atoms with Crippen LogP contribution in [0, 0.1) is 0 Å². The lowest BCUT2D eigenvalue weighted by Gasteiger charge is -2.35. The van der Waals surface area contributed by atoms with E-state index >= 15 is 0 Å². The summed E-state index contributed by atoms with van der Waals surface area (Å²) < 4.78 is 4.87. The van der Waals surface area contributed by atoms with Crippen LogP contribution in [0.4, 0.5) is 0 Å². The van der Waals surface area contributed by atoms with Crippen LogP contribution < -0.4 is 0 Å². The van der Waals surface area contributed by atoms with Crippen LogP contribution in [-0.4, -0.2) is 21.1 Å². The number of nitrogens with zero attached hydrogens (tertiary/aromatic N) is 3. The van der Waals surface area contributed by atoms with Gasteiger partial charge in [-0.1, -0.05) is 176 Å². The smallest absolute Gasteiger partial charge is 0.0732 e. The van der Waals surface area contributed by atoms with E-state index in [2.05, 4.69) is 270 Å². The third-order valence-electron chi connectivity index (χ3n) is 14.8. The normalized spacial score (nSPS) is 14.2. The first-order valence-electron chi connectivity index (χ1n) is 23.9. The Morgan fingerprint density at radius 3 is 1.30 bits per heavy atom. The van der Waals surface area contributed by atoms with Crippen molar-refractivity contribution in [2.45, 2.75) is 6.04 Å². The number of fused-ring (bicyclic) bond motifs is 12. The molecular formula is C66H45N3. The molecule has 2 aromatic heterocycles. The summed E-state index contributed by atoms with van der Waals surface area (Å²) in [6.45, 7) is 0. The summed E-state index contributed by atoms with van der Waals surface area (Å²) in [6, 6.07) is 87.1. The Hall–Kier alpha value is -8.92. The van der Waals surface area contributed by atoms with Crippen molar-refractivity contribution >= 4 is 87.2 Å². The zero-order chi connectivity index (χ0) is 45.6. The van der Waals surface area contributed by atoms with Crippen molar-refractivity contribution in [3.05, 3.63) is 265 Å². The van der Waals surface area contributed by atoms with Crippen LogP contribution in [-0.2, 0) is 0 Å². The minimum atomic E-state index is 0.0650. The largest absolute Gasteiger partial charge is 0.364 e. The van der Waals surface area contributed by atoms with Crippen LogP contribution >= 0.6 is 0 Å². The van der Waals surface area contributed by atoms with E-state index in [1.807, 2.05) is 0 Å². The van der Waals surface area contributed by atoms with Gasteiger partial charge in [-0.2, -0.15) is 0 Å². The third-order valence-corrected chi connectivity index (χ3v) is 14.8. The summed E-state index contributed by atoms with van der Waals surface area (Å²) in [5.74, 6) is 0. The van der Waals surface area contributed by atoms with E-state index in [9.17, 15) is 0 Å². The van der Waals surface area contributed by atoms with E-state index in [1.165, 1.54) is 115 Å². The highest BCUT2D eigenvalue weighted by atomic mass is 15.1. The Balaban J connectivity index is 0.854. The Bertz CT molecular complexity index is 4210. The highest BCUT2D eigenvalue weighted by Gasteiger charge is 2.25. The highest BCUT2D eigenvalue weighted by Crippen LogP contribution is 2.42. The molecule has 1 aliphatic heterocycles. The molecule has 0 radical (unpaired) electrons. The average molecular weight is 880 g/mol. The van der Waals surface area contributed by atoms with Gasteiger partial charge in [0, 0.05) is 45.7 Å². The molecule has 3 nitrogen and oxygen atoms in total. The fourth-order valence-electron chi connectivity index (χ4n) is 11.5. The molecule has 0 amide bonds. The minimum absolute atomic E-state index is 0.0650. The van der Waals surface area contributed by atoms with Crippen molar-refractivity contribution < 1.29 is 0 Å². The lowest BCUT2D eigenvalue weighted by Crippen LogP contribution is -2.24. The second-order valence-corrected chi connectivity index (χ2v) is 18.5. The van der Waals surface area contributed by atoms with Gasteiger partial charge >= 0.3 is 0 Å². The van der Waals surface area contributed by atoms with Crippen LogP contribution in [0.1, 0.15) is 22.7 Å². The molecule has 1 aliphatic rings. The maximum atomic E-state index is 2.45. The van der Waals surface area contributed by atoms with Crippen molar-refractivity contribution in [1.82, 2.24) is 14.0 Å². The van der Waals surface area contributed by atoms with Gasteiger partial charge in [0.1, 0.15) is 0 Å². The summed E-state index contributed by atoms with van der Waals surface area (Å²) in [5.41, 5.74) is 15.6. The molecule has 1 unspecified atom stereocenters. The first-order valence-corrected chi connectivity index (χ1v) is 23.9. The van der Waals surface area contributed by atoms with E-state index < -0.39 is 0 Å². The van der Waals surface area contributed by atoms with Gasteiger partial charge in [0.2, 0.25) is 0 Å². The zero-order valence-corrected chi connectivity index (χ0v) is 38.1. The monoisotopic (exact) mass is 879 g/mol. The third kappa shape index (κ3) is 6.21. The number of para-hydroxylation sites is 2. The SMILES string of the molecule is CN1C(c2ccccc2)=CC(c2ccccc2)=CC1c1ccc(-n2c3ccccc3c3cc(-c4ccc5c(c4)c4ccccc4n5-c4ccc5c6ccccc6c6ccccc6c5c4)ccc32)cc1. The van der Waals surface area contributed by atoms with Gasteiger partial charge in [0.15, 0.2) is 0 Å². The number of rotatable bonds is 6. The molecule has 0 spiro atoms. The molecule has 3 heterocycles. The van der Waals surface area contributed by atoms with Crippen molar-refractivity contribution in [1.29, 1.82) is 0 Å². The summed E-state index contributed by atoms with van der Waals surface area (Å²) in [4.78, 5) is 2.40. The number of aromatic nitrogens is 2. The lowest BCUT2D eigenvalue weighted by molar-refractivity contribution is 0.413. The van der Waals surface area contributed by atoms with Crippen LogP contribution in [0.2, 0.25) is 0 Å². The topological polar surface area (TPSA) is 13.1 Å². The van der Waals surface area contributed by atoms with Crippen molar-refractivity contribution in [3.63, 3.8) is 0 Å². The van der Waals surface area contributed by atoms with E-state index in [0.29, 0.717) is 0 Å². The number of benzene rings is 11. The zero-order valence-electron chi connectivity index (χ0n) is 38.1. The summed E-state index contributed by atoms with van der Waals surface area (Å²) in [6.07, 6.45) is 4.73. The van der Waals surface area contributed by atoms with Crippen LogP contribution in [0.5, 0.6) is 0 Å². The molecule has 1 atom stereocenters. The highest BCUT2D eigenvalue weighted by molar-refractivity contribution is 6.25. The molecule has 324 valence electrons. The summed E-state index contributed by atoms with van der Waals surface area (Å²) >= 11 is 0. The van der Waals surface area contributed by atoms with Gasteiger partial charge in [-0.05, 0) is 139 Å². The molecule has 14 rings (SSSR count). The first-order chi connectivity index (χ1) is 34.1. The standard InChI is InChI=1S/C66H45N3/c1-67-65(44-18-6-3-7-19-44)40-48(43-16-4-2-5-17-43)41-66(67)45-28-32-49(33-29-45)68-61-26-14-12-24-56(61)59-38-46(30-36-63(59)68)47-31-37-64-60(39-47)57-25-13-15-27-62(57)69(64)50-34-35-55-53-22-9-8-20-51(53)52-21-10-11-23-54(52)58(55)42-50/h2-42,66H,1H3. The van der Waals surface area contributed by atoms with E-state index in [-0.39, 0.29) is 6.04 Å². The van der Waals surface area contributed by atoms with Gasteiger partial charge in [-0.15, -0.1) is 0 Å². The van der Waals surface area contributed by atoms with Crippen LogP contribution in [0.3, 0.4) is 0 Å². The molecule has 0 aliphatic carbocycles. The van der Waals surface area contributed by atoms with E-state index in [0.717, 1.165) is 11.4 Å². The number of hydrogen-bond donors (Lipinski definition) is 0. The average Bonchev–Trinajstić information content (AvgIpc) is 3.94. The maximum absolute atomic E-state index is 2.45. The maximum Gasteiger partial charge on any atom is 0.0732 e. The van der Waals surface area contributed by atoms with Crippen molar-refractivity contribution in [3.8, 4) is 22.5 Å². The van der Waals surface area contributed by atoms with Crippen molar-refractivity contribution in [2.75, 3.05) is 7.05 Å². The quantitative estimate of drug-likeness (QED) is 0.152. The predicted octanol–water partition coefficient (Wildman–Crippen LogP) is 17.1. The molecule has 0 bridgehead atoms. The number of hydrogen-bond acceptors (Lipinski definition) is 1. The van der Waals surface area contributed by atoms with Gasteiger partial charge < -0.3 is 14.0 Å². The first kappa shape index (κ1) is 39.3. The molecule has 3 heteroatoms. The fourth-order valence-corrected chi connectivity index (χ4v) is 11.5. The Morgan fingerprint density at radius 2 is 0.739 bits per heavy atom. The van der Waals surface area contributed by atoms with Crippen LogP contribution in [0.25, 0.3) is 110 Å². The molecule has 0 fully saturated rings. The van der Waals surface area contributed by atoms with Crippen LogP contribution in [0.15, 0.2) is 249 Å². The molecular weight excluding hydrogens is 835 g/mol. The number of likely N-dealkylation sites (N-methyl/N-ethyl adjacent to an activating group) is 1. The molecule has 0 saturated heterocycles. The minimum Gasteiger partial charge on any atom is -0.364 e. The van der Waals surface area contributed by atoms with E-state index in [1.54, 1.807) is 0 Å². The lowest BCUT2D eigenvalue weighted by atomic mass is 9.92. The Labute approximate surface area is 400 Å². The second kappa shape index (κ2) is 15.6. The fraction of sp³-hybridized carbons (Fsp3) is 0.0303. The number of allylic oxidation sites excluding steroid dienone is 2. The molecule has 13 aromatic rings. The predicted molar refractivity (Wildman–Crippen MR) is 292 cm³/mol. The van der Waals surface area contributed by atoms with Gasteiger partial charge in [-0.3, -0.25) is 0 Å². The van der Waals surface area contributed by atoms with Gasteiger partial charge in [0.25, 0.3) is 0 Å². The summed E-state index contributed by atoms with van der Waals surface area (Å²) in [7, 11) is 2.21. The molecule has 0 saturated carbocycles. The van der Waals surface area contributed by atoms with Crippen molar-refractivity contribution in [2.24, 2.45) is 0 Å². The second-order valence-electron chi connectivity index (χ2n) is 18.5. The Morgan fingerprint density at radius 1 is 0.304 bits per heavy atom. The van der Waals surface area contributed by atoms with Gasteiger partial charge in [0.05, 0.1) is 28.1 Å². The Kier molecular flexibility index (Phi) is 8.87. The van der Waals surface area contributed by atoms with Gasteiger partial charge in [-0.25, -0.2) is 0 Å². The molecule has 11 aromatic carbocycles. The molecule has 69 heavy (non-hydrogen) atoms.